The average molecular weight is 375 g/mol. The molecule has 8 heteroatoms. The number of rotatable bonds is 4. The standard InChI is InChI=1S/C18H15ClN2O5/c1-10-14(9-17(22)23)15-8-13(21(25)26)6-7-16(15)20(10)18(24)11-2-4-12(19)5-3-11/h2-8,10,14H,9H2,1H3,(H,22,23). The Bertz CT molecular complexity index is 897. The zero-order valence-corrected chi connectivity index (χ0v) is 14.5. The van der Waals surface area contributed by atoms with Gasteiger partial charge in [-0.15, -0.1) is 0 Å². The van der Waals surface area contributed by atoms with Crippen LogP contribution in [0.3, 0.4) is 0 Å². The van der Waals surface area contributed by atoms with Crippen LogP contribution in [0, 0.1) is 10.1 Å². The molecule has 1 aliphatic heterocycles. The number of carboxylic acid groups (broad SMARTS) is 1. The lowest BCUT2D eigenvalue weighted by molar-refractivity contribution is -0.384. The number of non-ortho nitro benzene ring substituents is 1. The lowest BCUT2D eigenvalue weighted by Crippen LogP contribution is -2.37. The molecule has 0 aromatic heterocycles. The van der Waals surface area contributed by atoms with Crippen molar-refractivity contribution < 1.29 is 19.6 Å². The van der Waals surface area contributed by atoms with Gasteiger partial charge in [0.15, 0.2) is 0 Å². The maximum absolute atomic E-state index is 13.0. The van der Waals surface area contributed by atoms with E-state index in [4.69, 9.17) is 11.6 Å². The lowest BCUT2D eigenvalue weighted by atomic mass is 9.92. The van der Waals surface area contributed by atoms with Crippen molar-refractivity contribution in [3.05, 3.63) is 68.7 Å². The first-order valence-electron chi connectivity index (χ1n) is 7.89. The monoisotopic (exact) mass is 374 g/mol. The van der Waals surface area contributed by atoms with E-state index in [9.17, 15) is 24.8 Å². The molecule has 2 unspecified atom stereocenters. The quantitative estimate of drug-likeness (QED) is 0.647. The number of benzene rings is 2. The van der Waals surface area contributed by atoms with Gasteiger partial charge in [-0.2, -0.15) is 0 Å². The molecule has 0 saturated heterocycles. The zero-order valence-electron chi connectivity index (χ0n) is 13.8. The highest BCUT2D eigenvalue weighted by Crippen LogP contribution is 2.44. The number of amides is 1. The summed E-state index contributed by atoms with van der Waals surface area (Å²) < 4.78 is 0. The van der Waals surface area contributed by atoms with Crippen LogP contribution in [0.1, 0.15) is 35.2 Å². The van der Waals surface area contributed by atoms with E-state index in [1.165, 1.54) is 23.1 Å². The summed E-state index contributed by atoms with van der Waals surface area (Å²) in [6, 6.07) is 10.1. The van der Waals surface area contributed by atoms with Crippen molar-refractivity contribution >= 4 is 34.9 Å². The summed E-state index contributed by atoms with van der Waals surface area (Å²) >= 11 is 5.86. The second-order valence-corrected chi connectivity index (χ2v) is 6.56. The molecule has 0 spiro atoms. The van der Waals surface area contributed by atoms with Gasteiger partial charge in [0, 0.05) is 40.4 Å². The van der Waals surface area contributed by atoms with Crippen LogP contribution < -0.4 is 4.90 Å². The molecule has 1 heterocycles. The van der Waals surface area contributed by atoms with E-state index in [1.54, 1.807) is 31.2 Å². The molecule has 0 fully saturated rings. The van der Waals surface area contributed by atoms with Crippen LogP contribution in [0.2, 0.25) is 5.02 Å². The Hall–Kier alpha value is -2.93. The van der Waals surface area contributed by atoms with Gasteiger partial charge in [-0.05, 0) is 42.8 Å². The molecule has 0 radical (unpaired) electrons. The molecular weight excluding hydrogens is 360 g/mol. The number of carbonyl (C=O) groups excluding carboxylic acids is 1. The van der Waals surface area contributed by atoms with Crippen molar-refractivity contribution in [2.75, 3.05) is 4.90 Å². The Morgan fingerprint density at radius 3 is 2.46 bits per heavy atom. The maximum Gasteiger partial charge on any atom is 0.304 e. The van der Waals surface area contributed by atoms with E-state index in [1.807, 2.05) is 0 Å². The fourth-order valence-electron chi connectivity index (χ4n) is 3.33. The second-order valence-electron chi connectivity index (χ2n) is 6.13. The molecule has 0 bridgehead atoms. The highest BCUT2D eigenvalue weighted by molar-refractivity contribution is 6.30. The van der Waals surface area contributed by atoms with Gasteiger partial charge in [-0.25, -0.2) is 0 Å². The number of nitrogens with zero attached hydrogens (tertiary/aromatic N) is 2. The number of nitro groups is 1. The largest absolute Gasteiger partial charge is 0.481 e. The number of carbonyl (C=O) groups is 2. The van der Waals surface area contributed by atoms with Gasteiger partial charge in [-0.1, -0.05) is 11.6 Å². The number of halogens is 1. The van der Waals surface area contributed by atoms with Crippen LogP contribution >= 0.6 is 11.6 Å². The molecule has 0 aliphatic carbocycles. The van der Waals surface area contributed by atoms with Gasteiger partial charge in [0.25, 0.3) is 11.6 Å². The van der Waals surface area contributed by atoms with Crippen molar-refractivity contribution in [1.29, 1.82) is 0 Å². The van der Waals surface area contributed by atoms with Gasteiger partial charge < -0.3 is 10.0 Å². The van der Waals surface area contributed by atoms with E-state index in [2.05, 4.69) is 0 Å². The maximum atomic E-state index is 13.0. The Balaban J connectivity index is 2.07. The summed E-state index contributed by atoms with van der Waals surface area (Å²) in [6.45, 7) is 1.74. The third-order valence-corrected chi connectivity index (χ3v) is 4.83. The Morgan fingerprint density at radius 2 is 1.88 bits per heavy atom. The van der Waals surface area contributed by atoms with Crippen molar-refractivity contribution in [3.8, 4) is 0 Å². The molecule has 1 amide bonds. The van der Waals surface area contributed by atoms with Crippen LogP contribution in [0.4, 0.5) is 11.4 Å². The van der Waals surface area contributed by atoms with Crippen LogP contribution in [0.5, 0.6) is 0 Å². The molecule has 2 atom stereocenters. The summed E-state index contributed by atoms with van der Waals surface area (Å²) in [7, 11) is 0. The van der Waals surface area contributed by atoms with Crippen LogP contribution in [0.15, 0.2) is 42.5 Å². The number of hydrogen-bond acceptors (Lipinski definition) is 4. The number of aliphatic carboxylic acids is 1. The first kappa shape index (κ1) is 17.9. The van der Waals surface area contributed by atoms with Crippen molar-refractivity contribution in [3.63, 3.8) is 0 Å². The summed E-state index contributed by atoms with van der Waals surface area (Å²) in [5.41, 5.74) is 1.26. The summed E-state index contributed by atoms with van der Waals surface area (Å²) in [5.74, 6) is -1.86. The van der Waals surface area contributed by atoms with Crippen molar-refractivity contribution in [2.45, 2.75) is 25.3 Å². The number of anilines is 1. The zero-order chi connectivity index (χ0) is 19.0. The van der Waals surface area contributed by atoms with E-state index >= 15 is 0 Å². The molecular formula is C18H15ClN2O5. The van der Waals surface area contributed by atoms with Gasteiger partial charge in [0.1, 0.15) is 0 Å². The Labute approximate surface area is 154 Å². The molecule has 2 aromatic rings. The van der Waals surface area contributed by atoms with Crippen molar-refractivity contribution in [1.82, 2.24) is 0 Å². The van der Waals surface area contributed by atoms with Gasteiger partial charge in [0.05, 0.1) is 11.3 Å². The normalized spacial score (nSPS) is 18.5. The number of carboxylic acids is 1. The highest BCUT2D eigenvalue weighted by Gasteiger charge is 2.41. The van der Waals surface area contributed by atoms with Gasteiger partial charge >= 0.3 is 5.97 Å². The van der Waals surface area contributed by atoms with Crippen LogP contribution in [-0.4, -0.2) is 27.9 Å². The van der Waals surface area contributed by atoms with Crippen LogP contribution in [0.25, 0.3) is 0 Å². The smallest absolute Gasteiger partial charge is 0.304 e. The predicted molar refractivity (Wildman–Crippen MR) is 95.8 cm³/mol. The molecule has 3 rings (SSSR count). The van der Waals surface area contributed by atoms with Gasteiger partial charge in [-0.3, -0.25) is 19.7 Å². The molecule has 134 valence electrons. The molecule has 1 aliphatic rings. The SMILES string of the molecule is CC1C(CC(=O)O)c2cc([N+](=O)[O-])ccc2N1C(=O)c1ccc(Cl)cc1. The van der Waals surface area contributed by atoms with E-state index in [-0.39, 0.29) is 18.0 Å². The van der Waals surface area contributed by atoms with E-state index in [0.29, 0.717) is 21.8 Å². The van der Waals surface area contributed by atoms with E-state index < -0.39 is 22.9 Å². The minimum atomic E-state index is -1.03. The molecule has 7 nitrogen and oxygen atoms in total. The fraction of sp³-hybridized carbons (Fsp3) is 0.222. The average Bonchev–Trinajstić information content (AvgIpc) is 2.86. The molecule has 2 aromatic carbocycles. The second kappa shape index (κ2) is 6.76. The molecule has 0 saturated carbocycles. The first-order chi connectivity index (χ1) is 12.3. The summed E-state index contributed by atoms with van der Waals surface area (Å²) in [5, 5.41) is 20.8. The Morgan fingerprint density at radius 1 is 1.23 bits per heavy atom. The number of hydrogen-bond donors (Lipinski definition) is 1. The van der Waals surface area contributed by atoms with E-state index in [0.717, 1.165) is 0 Å². The first-order valence-corrected chi connectivity index (χ1v) is 8.26. The molecule has 1 N–H and O–H groups in total. The minimum Gasteiger partial charge on any atom is -0.481 e. The lowest BCUT2D eigenvalue weighted by Gasteiger charge is -2.25. The van der Waals surface area contributed by atoms with Crippen LogP contribution in [-0.2, 0) is 4.79 Å². The van der Waals surface area contributed by atoms with Gasteiger partial charge in [0.2, 0.25) is 0 Å². The third kappa shape index (κ3) is 3.13. The predicted octanol–water partition coefficient (Wildman–Crippen LogP) is 3.86. The fourth-order valence-corrected chi connectivity index (χ4v) is 3.45. The number of fused-ring (bicyclic) bond motifs is 1. The topological polar surface area (TPSA) is 101 Å². The van der Waals surface area contributed by atoms with Crippen molar-refractivity contribution in [2.24, 2.45) is 0 Å². The Kier molecular flexibility index (Phi) is 4.65. The number of nitro benzene ring substituents is 1. The minimum absolute atomic E-state index is 0.132. The molecule has 26 heavy (non-hydrogen) atoms. The highest BCUT2D eigenvalue weighted by atomic mass is 35.5. The third-order valence-electron chi connectivity index (χ3n) is 4.58. The summed E-state index contributed by atoms with van der Waals surface area (Å²) in [6.07, 6.45) is -0.222. The summed E-state index contributed by atoms with van der Waals surface area (Å²) in [4.78, 5) is 36.3.